The minimum atomic E-state index is 0. The molecular weight excluding hydrogens is 411 g/mol. The number of piperidine rings is 1. The minimum Gasteiger partial charge on any atom is -0.423 e. The molecule has 1 saturated heterocycles. The summed E-state index contributed by atoms with van der Waals surface area (Å²) in [4.78, 5) is 0. The molecule has 156 valence electrons. The van der Waals surface area contributed by atoms with E-state index in [4.69, 9.17) is 4.74 Å². The Kier molecular flexibility index (Phi) is 9.34. The highest BCUT2D eigenvalue weighted by Gasteiger charge is 2.13. The van der Waals surface area contributed by atoms with Gasteiger partial charge in [0.15, 0.2) is 0 Å². The molecule has 4 rings (SSSR count). The smallest absolute Gasteiger partial charge is 0.345 e. The average molecular weight is 437 g/mol. The van der Waals surface area contributed by atoms with Crippen LogP contribution in [0.25, 0.3) is 5.69 Å². The Morgan fingerprint density at radius 1 is 1.03 bits per heavy atom. The highest BCUT2D eigenvalue weighted by molar-refractivity contribution is 5.85. The molecule has 0 radical (unpaired) electrons. The Balaban J connectivity index is 0.00000150. The summed E-state index contributed by atoms with van der Waals surface area (Å²) in [6.07, 6.45) is 2.50. The third kappa shape index (κ3) is 6.40. The molecule has 3 aromatic rings. The molecule has 9 heteroatoms. The summed E-state index contributed by atoms with van der Waals surface area (Å²) >= 11 is 0. The van der Waals surface area contributed by atoms with E-state index in [0.29, 0.717) is 6.01 Å². The predicted octanol–water partition coefficient (Wildman–Crippen LogP) is 3.39. The third-order valence-corrected chi connectivity index (χ3v) is 4.77. The first kappa shape index (κ1) is 23.1. The van der Waals surface area contributed by atoms with Crippen molar-refractivity contribution < 1.29 is 4.74 Å². The molecule has 1 aliphatic heterocycles. The van der Waals surface area contributed by atoms with Crippen LogP contribution in [-0.4, -0.2) is 39.8 Å². The lowest BCUT2D eigenvalue weighted by molar-refractivity contribution is 0.356. The molecule has 1 aliphatic rings. The van der Waals surface area contributed by atoms with E-state index < -0.39 is 0 Å². The van der Waals surface area contributed by atoms with Crippen LogP contribution in [0.3, 0.4) is 0 Å². The zero-order valence-electron chi connectivity index (χ0n) is 16.0. The standard InChI is InChI=1S/C20H24N6O.2ClH/c1-2-6-18(7-3-1)26-20(23-24-25-26)27-19-8-4-5-17(13-19)15-22-14-16-9-11-21-12-10-16;;/h1-8,13,16,21-22H,9-12,14-15H2;2*1H. The largest absolute Gasteiger partial charge is 0.423 e. The lowest BCUT2D eigenvalue weighted by atomic mass is 9.98. The summed E-state index contributed by atoms with van der Waals surface area (Å²) < 4.78 is 7.52. The van der Waals surface area contributed by atoms with E-state index in [1.54, 1.807) is 4.68 Å². The van der Waals surface area contributed by atoms with Crippen LogP contribution in [0.4, 0.5) is 0 Å². The fourth-order valence-corrected chi connectivity index (χ4v) is 3.30. The Hall–Kier alpha value is -2.19. The van der Waals surface area contributed by atoms with E-state index in [-0.39, 0.29) is 24.8 Å². The van der Waals surface area contributed by atoms with Gasteiger partial charge in [-0.2, -0.15) is 4.68 Å². The normalized spacial score (nSPS) is 13.9. The van der Waals surface area contributed by atoms with Gasteiger partial charge in [-0.3, -0.25) is 0 Å². The molecule has 7 nitrogen and oxygen atoms in total. The van der Waals surface area contributed by atoms with Gasteiger partial charge in [-0.25, -0.2) is 0 Å². The average Bonchev–Trinajstić information content (AvgIpc) is 3.18. The van der Waals surface area contributed by atoms with Crippen molar-refractivity contribution in [3.63, 3.8) is 0 Å². The number of aromatic nitrogens is 4. The van der Waals surface area contributed by atoms with Gasteiger partial charge < -0.3 is 15.4 Å². The lowest BCUT2D eigenvalue weighted by Crippen LogP contribution is -2.33. The molecule has 0 amide bonds. The maximum Gasteiger partial charge on any atom is 0.345 e. The first-order valence-corrected chi connectivity index (χ1v) is 9.40. The number of benzene rings is 2. The van der Waals surface area contributed by atoms with Crippen LogP contribution in [-0.2, 0) is 6.54 Å². The number of ether oxygens (including phenoxy) is 1. The number of nitrogens with one attached hydrogen (secondary N) is 2. The van der Waals surface area contributed by atoms with Crippen LogP contribution < -0.4 is 15.4 Å². The third-order valence-electron chi connectivity index (χ3n) is 4.77. The highest BCUT2D eigenvalue weighted by Crippen LogP contribution is 2.22. The topological polar surface area (TPSA) is 76.9 Å². The zero-order valence-corrected chi connectivity index (χ0v) is 17.7. The van der Waals surface area contributed by atoms with Gasteiger partial charge in [-0.15, -0.1) is 24.8 Å². The SMILES string of the molecule is Cl.Cl.c1ccc(-n2nnnc2Oc2cccc(CNCC3CCNCC3)c2)cc1. The molecule has 1 fully saturated rings. The number of nitrogens with zero attached hydrogens (tertiary/aromatic N) is 4. The number of rotatable bonds is 7. The van der Waals surface area contributed by atoms with Crippen molar-refractivity contribution in [2.45, 2.75) is 19.4 Å². The van der Waals surface area contributed by atoms with E-state index >= 15 is 0 Å². The molecule has 0 saturated carbocycles. The molecule has 0 unspecified atom stereocenters. The second kappa shape index (κ2) is 11.7. The summed E-state index contributed by atoms with van der Waals surface area (Å²) in [7, 11) is 0. The van der Waals surface area contributed by atoms with Gasteiger partial charge in [0, 0.05) is 6.54 Å². The Bertz CT molecular complexity index is 855. The van der Waals surface area contributed by atoms with Crippen molar-refractivity contribution >= 4 is 24.8 Å². The molecule has 2 N–H and O–H groups in total. The van der Waals surface area contributed by atoms with E-state index in [9.17, 15) is 0 Å². The molecule has 1 aromatic heterocycles. The molecule has 29 heavy (non-hydrogen) atoms. The van der Waals surface area contributed by atoms with E-state index in [1.807, 2.05) is 48.5 Å². The summed E-state index contributed by atoms with van der Waals surface area (Å²) in [5.74, 6) is 1.49. The van der Waals surface area contributed by atoms with Gasteiger partial charge in [-0.05, 0) is 78.6 Å². The predicted molar refractivity (Wildman–Crippen MR) is 117 cm³/mol. The summed E-state index contributed by atoms with van der Waals surface area (Å²) in [6.45, 7) is 4.14. The fourth-order valence-electron chi connectivity index (χ4n) is 3.30. The molecule has 0 spiro atoms. The van der Waals surface area contributed by atoms with Crippen molar-refractivity contribution in [1.29, 1.82) is 0 Å². The van der Waals surface area contributed by atoms with Crippen LogP contribution >= 0.6 is 24.8 Å². The lowest BCUT2D eigenvalue weighted by Gasteiger charge is -2.22. The number of tetrazole rings is 1. The van der Waals surface area contributed by atoms with E-state index in [0.717, 1.165) is 43.5 Å². The first-order valence-electron chi connectivity index (χ1n) is 9.40. The molecular formula is C20H26Cl2N6O. The zero-order chi connectivity index (χ0) is 18.3. The Morgan fingerprint density at radius 2 is 1.83 bits per heavy atom. The molecule has 2 aromatic carbocycles. The second-order valence-electron chi connectivity index (χ2n) is 6.78. The van der Waals surface area contributed by atoms with Crippen LogP contribution in [0.1, 0.15) is 18.4 Å². The number of hydrogen-bond acceptors (Lipinski definition) is 6. The minimum absolute atomic E-state index is 0. The van der Waals surface area contributed by atoms with Gasteiger partial charge in [0.1, 0.15) is 5.75 Å². The maximum atomic E-state index is 5.93. The fraction of sp³-hybridized carbons (Fsp3) is 0.350. The van der Waals surface area contributed by atoms with E-state index in [2.05, 4.69) is 32.2 Å². The highest BCUT2D eigenvalue weighted by atomic mass is 35.5. The number of halogens is 2. The van der Waals surface area contributed by atoms with Crippen molar-refractivity contribution in [3.05, 3.63) is 60.2 Å². The van der Waals surface area contributed by atoms with Crippen molar-refractivity contribution in [3.8, 4) is 17.4 Å². The van der Waals surface area contributed by atoms with Crippen molar-refractivity contribution in [2.24, 2.45) is 5.92 Å². The number of para-hydroxylation sites is 1. The van der Waals surface area contributed by atoms with Gasteiger partial charge in [-0.1, -0.05) is 35.4 Å². The first-order chi connectivity index (χ1) is 13.4. The van der Waals surface area contributed by atoms with Gasteiger partial charge >= 0.3 is 6.01 Å². The van der Waals surface area contributed by atoms with Crippen LogP contribution in [0, 0.1) is 5.92 Å². The van der Waals surface area contributed by atoms with Crippen molar-refractivity contribution in [2.75, 3.05) is 19.6 Å². The summed E-state index contributed by atoms with van der Waals surface area (Å²) in [6, 6.07) is 18.1. The summed E-state index contributed by atoms with van der Waals surface area (Å²) in [5, 5.41) is 18.7. The van der Waals surface area contributed by atoms with E-state index in [1.165, 1.54) is 18.4 Å². The van der Waals surface area contributed by atoms with Crippen LogP contribution in [0.15, 0.2) is 54.6 Å². The molecule has 0 bridgehead atoms. The van der Waals surface area contributed by atoms with Crippen LogP contribution in [0.2, 0.25) is 0 Å². The molecule has 2 heterocycles. The quantitative estimate of drug-likeness (QED) is 0.590. The van der Waals surface area contributed by atoms with Gasteiger partial charge in [0.2, 0.25) is 0 Å². The second-order valence-corrected chi connectivity index (χ2v) is 6.78. The van der Waals surface area contributed by atoms with Crippen molar-refractivity contribution in [1.82, 2.24) is 30.8 Å². The maximum absolute atomic E-state index is 5.93. The summed E-state index contributed by atoms with van der Waals surface area (Å²) in [5.41, 5.74) is 2.04. The molecule has 0 atom stereocenters. The Morgan fingerprint density at radius 3 is 2.62 bits per heavy atom. The Labute approximate surface area is 183 Å². The van der Waals surface area contributed by atoms with Crippen LogP contribution in [0.5, 0.6) is 11.8 Å². The monoisotopic (exact) mass is 436 g/mol. The van der Waals surface area contributed by atoms with Gasteiger partial charge in [0.05, 0.1) is 5.69 Å². The van der Waals surface area contributed by atoms with Gasteiger partial charge in [0.25, 0.3) is 0 Å². The number of hydrogen-bond donors (Lipinski definition) is 2. The molecule has 0 aliphatic carbocycles.